The number of phosphoric acid groups is 1. The Morgan fingerprint density at radius 2 is 1.09 bits per heavy atom. The van der Waals surface area contributed by atoms with Crippen LogP contribution in [0.4, 0.5) is 0 Å². The molecule has 0 atom stereocenters. The Hall–Kier alpha value is 4.49. The summed E-state index contributed by atoms with van der Waals surface area (Å²) in [6.45, 7) is 2.23. The summed E-state index contributed by atoms with van der Waals surface area (Å²) in [7, 11) is -5.39. The SMILES string of the molecule is CCCCCCCCCCCC(=O)O.O=P([O-])([O-])[O-].[K+].[K+].[K+]. The largest absolute Gasteiger partial charge is 1.00 e. The van der Waals surface area contributed by atoms with Crippen LogP contribution in [0.5, 0.6) is 0 Å². The number of carboxylic acid groups (broad SMARTS) is 1. The molecule has 0 rings (SSSR count). The third-order valence-corrected chi connectivity index (χ3v) is 2.49. The van der Waals surface area contributed by atoms with Gasteiger partial charge in [-0.2, -0.15) is 7.82 Å². The molecule has 0 fully saturated rings. The first kappa shape index (κ1) is 37.3. The Bertz CT molecular complexity index is 255. The van der Waals surface area contributed by atoms with Gasteiger partial charge in [0.15, 0.2) is 0 Å². The Balaban J connectivity index is -0.000000105. The number of hydrogen-bond acceptors (Lipinski definition) is 5. The summed E-state index contributed by atoms with van der Waals surface area (Å²) in [4.78, 5) is 35.9. The molecule has 0 aliphatic carbocycles. The van der Waals surface area contributed by atoms with E-state index >= 15 is 0 Å². The van der Waals surface area contributed by atoms with Gasteiger partial charge in [-0.15, -0.1) is 0 Å². The fourth-order valence-corrected chi connectivity index (χ4v) is 1.59. The summed E-state index contributed by atoms with van der Waals surface area (Å²) < 4.78 is 8.55. The van der Waals surface area contributed by atoms with Gasteiger partial charge in [0.1, 0.15) is 0 Å². The molecular formula is C12H24K3O6P. The van der Waals surface area contributed by atoms with Crippen molar-refractivity contribution in [2.75, 3.05) is 0 Å². The molecule has 0 saturated heterocycles. The van der Waals surface area contributed by atoms with Crippen LogP contribution in [0.15, 0.2) is 0 Å². The number of unbranched alkanes of at least 4 members (excludes halogenated alkanes) is 8. The topological polar surface area (TPSA) is 124 Å². The third-order valence-electron chi connectivity index (χ3n) is 2.49. The van der Waals surface area contributed by atoms with Crippen LogP contribution >= 0.6 is 7.82 Å². The van der Waals surface area contributed by atoms with Crippen LogP contribution in [-0.2, 0) is 9.36 Å². The van der Waals surface area contributed by atoms with Gasteiger partial charge in [-0.3, -0.25) is 4.79 Å². The Morgan fingerprint density at radius 1 is 0.818 bits per heavy atom. The maximum absolute atomic E-state index is 10.2. The molecule has 0 heterocycles. The van der Waals surface area contributed by atoms with Gasteiger partial charge in [0.25, 0.3) is 0 Å². The van der Waals surface area contributed by atoms with Crippen LogP contribution in [0.2, 0.25) is 0 Å². The molecule has 6 nitrogen and oxygen atoms in total. The normalized spacial score (nSPS) is 9.27. The van der Waals surface area contributed by atoms with Gasteiger partial charge in [-0.1, -0.05) is 58.3 Å². The molecule has 116 valence electrons. The van der Waals surface area contributed by atoms with E-state index in [-0.39, 0.29) is 154 Å². The molecule has 0 spiro atoms. The fraction of sp³-hybridized carbons (Fsp3) is 0.917. The molecule has 0 aromatic heterocycles. The van der Waals surface area contributed by atoms with Crippen molar-refractivity contribution in [2.24, 2.45) is 0 Å². The van der Waals surface area contributed by atoms with E-state index in [2.05, 4.69) is 6.92 Å². The first-order valence-corrected chi connectivity index (χ1v) is 8.18. The second-order valence-corrected chi connectivity index (χ2v) is 5.31. The average molecular weight is 413 g/mol. The maximum atomic E-state index is 10.2. The minimum Gasteiger partial charge on any atom is -0.822 e. The molecule has 0 aliphatic rings. The predicted molar refractivity (Wildman–Crippen MR) is 67.1 cm³/mol. The smallest absolute Gasteiger partial charge is 0.822 e. The molecule has 0 amide bonds. The van der Waals surface area contributed by atoms with Gasteiger partial charge < -0.3 is 24.4 Å². The molecule has 0 bridgehead atoms. The molecule has 0 radical (unpaired) electrons. The van der Waals surface area contributed by atoms with Crippen molar-refractivity contribution >= 4 is 13.8 Å². The first-order chi connectivity index (χ1) is 8.77. The van der Waals surface area contributed by atoms with Crippen molar-refractivity contribution in [3.8, 4) is 0 Å². The van der Waals surface area contributed by atoms with Crippen LogP contribution < -0.4 is 169 Å². The van der Waals surface area contributed by atoms with Crippen LogP contribution in [0, 0.1) is 0 Å². The van der Waals surface area contributed by atoms with E-state index in [0.717, 1.165) is 12.8 Å². The monoisotopic (exact) mass is 412 g/mol. The summed E-state index contributed by atoms with van der Waals surface area (Å²) in [5.41, 5.74) is 0. The van der Waals surface area contributed by atoms with Crippen molar-refractivity contribution in [1.82, 2.24) is 0 Å². The second-order valence-electron chi connectivity index (χ2n) is 4.42. The van der Waals surface area contributed by atoms with Crippen molar-refractivity contribution in [3.05, 3.63) is 0 Å². The van der Waals surface area contributed by atoms with Crippen LogP contribution in [-0.4, -0.2) is 11.1 Å². The molecule has 0 aliphatic heterocycles. The van der Waals surface area contributed by atoms with Crippen molar-refractivity contribution in [1.29, 1.82) is 0 Å². The van der Waals surface area contributed by atoms with Crippen LogP contribution in [0.3, 0.4) is 0 Å². The molecular weight excluding hydrogens is 388 g/mol. The van der Waals surface area contributed by atoms with Gasteiger partial charge in [0, 0.05) is 6.42 Å². The minimum atomic E-state index is -5.39. The fourth-order valence-electron chi connectivity index (χ4n) is 1.59. The number of hydrogen-bond donors (Lipinski definition) is 1. The van der Waals surface area contributed by atoms with E-state index in [0.29, 0.717) is 6.42 Å². The summed E-state index contributed by atoms with van der Waals surface area (Å²) in [5, 5.41) is 8.41. The standard InChI is InChI=1S/C12H24O2.3K.H3O4P/c1-2-3-4-5-6-7-8-9-10-11-12(13)14;;;;1-5(2,3)4/h2-11H2,1H3,(H,13,14);;;;(H3,1,2,3,4)/q;3*+1;/p-3. The van der Waals surface area contributed by atoms with Gasteiger partial charge in [-0.25, -0.2) is 0 Å². The predicted octanol–water partition coefficient (Wildman–Crippen LogP) is -7.82. The molecule has 0 aromatic carbocycles. The minimum absolute atomic E-state index is 0. The van der Waals surface area contributed by atoms with Crippen LogP contribution in [0.25, 0.3) is 0 Å². The van der Waals surface area contributed by atoms with Gasteiger partial charge in [-0.05, 0) is 6.42 Å². The van der Waals surface area contributed by atoms with Crippen molar-refractivity contribution in [2.45, 2.75) is 71.1 Å². The van der Waals surface area contributed by atoms with E-state index in [9.17, 15) is 4.79 Å². The number of rotatable bonds is 10. The van der Waals surface area contributed by atoms with Gasteiger partial charge >= 0.3 is 160 Å². The molecule has 0 unspecified atom stereocenters. The molecule has 10 heteroatoms. The molecule has 0 saturated carbocycles. The van der Waals surface area contributed by atoms with E-state index < -0.39 is 13.8 Å². The number of carbonyl (C=O) groups is 1. The summed E-state index contributed by atoms with van der Waals surface area (Å²) in [6, 6.07) is 0. The average Bonchev–Trinajstić information content (AvgIpc) is 2.24. The van der Waals surface area contributed by atoms with Crippen molar-refractivity contribution < 1.29 is 183 Å². The van der Waals surface area contributed by atoms with Crippen LogP contribution in [0.1, 0.15) is 71.1 Å². The van der Waals surface area contributed by atoms with Gasteiger partial charge in [0.05, 0.1) is 0 Å². The van der Waals surface area contributed by atoms with E-state index in [1.165, 1.54) is 44.9 Å². The number of aliphatic carboxylic acids is 1. The molecule has 22 heavy (non-hydrogen) atoms. The maximum Gasteiger partial charge on any atom is 1.00 e. The zero-order valence-electron chi connectivity index (χ0n) is 14.5. The van der Waals surface area contributed by atoms with Gasteiger partial charge in [0.2, 0.25) is 0 Å². The van der Waals surface area contributed by atoms with E-state index in [1.54, 1.807) is 0 Å². The summed E-state index contributed by atoms with van der Waals surface area (Å²) in [6.07, 6.45) is 11.5. The summed E-state index contributed by atoms with van der Waals surface area (Å²) >= 11 is 0. The zero-order valence-corrected chi connectivity index (χ0v) is 24.8. The quantitative estimate of drug-likeness (QED) is 0.216. The van der Waals surface area contributed by atoms with E-state index in [1.807, 2.05) is 0 Å². The van der Waals surface area contributed by atoms with Crippen molar-refractivity contribution in [3.63, 3.8) is 0 Å². The Labute approximate surface area is 261 Å². The second kappa shape index (κ2) is 27.7. The Kier molecular flexibility index (Phi) is 46.9. The van der Waals surface area contributed by atoms with E-state index in [4.69, 9.17) is 24.4 Å². The zero-order chi connectivity index (χ0) is 15.1. The summed E-state index contributed by atoms with van der Waals surface area (Å²) in [5.74, 6) is -0.659. The first-order valence-electron chi connectivity index (χ1n) is 6.72. The number of carboxylic acids is 1. The molecule has 0 aromatic rings. The Morgan fingerprint density at radius 3 is 1.36 bits per heavy atom. The third kappa shape index (κ3) is 56.3. The molecule has 1 N–H and O–H groups in total.